The highest BCUT2D eigenvalue weighted by Gasteiger charge is 2.40. The molecule has 206 valence electrons. The van der Waals surface area contributed by atoms with Crippen LogP contribution in [0.25, 0.3) is 11.0 Å². The smallest absolute Gasteiger partial charge is 0.292 e. The third kappa shape index (κ3) is 6.38. The second-order valence-corrected chi connectivity index (χ2v) is 10.7. The SMILES string of the molecule is C=C/C=C\C=C/CCc1nc2c3c(ccc2n1CCN1CCC2(CCO2)CC1)N(C)C(C)CC3.COC=O. The average molecular weight is 521 g/mol. The fraction of sp³-hybridized carbons (Fsp3) is 0.548. The van der Waals surface area contributed by atoms with Crippen LogP contribution in [0.5, 0.6) is 0 Å². The fourth-order valence-corrected chi connectivity index (χ4v) is 5.83. The van der Waals surface area contributed by atoms with Crippen molar-refractivity contribution in [3.05, 3.63) is 60.5 Å². The minimum atomic E-state index is 0.220. The van der Waals surface area contributed by atoms with Gasteiger partial charge in [-0.1, -0.05) is 37.0 Å². The molecule has 1 spiro atoms. The van der Waals surface area contributed by atoms with Crippen molar-refractivity contribution in [1.82, 2.24) is 14.5 Å². The predicted octanol–water partition coefficient (Wildman–Crippen LogP) is 5.08. The number of benzene rings is 1. The molecule has 0 radical (unpaired) electrons. The van der Waals surface area contributed by atoms with Crippen molar-refractivity contribution in [2.45, 2.75) is 70.1 Å². The number of aryl methyl sites for hydroxylation is 2. The zero-order valence-corrected chi connectivity index (χ0v) is 23.4. The van der Waals surface area contributed by atoms with Gasteiger partial charge in [-0.3, -0.25) is 4.79 Å². The first-order chi connectivity index (χ1) is 18.5. The van der Waals surface area contributed by atoms with Crippen molar-refractivity contribution in [3.63, 3.8) is 0 Å². The minimum Gasteiger partial charge on any atom is -0.471 e. The highest BCUT2D eigenvalue weighted by atomic mass is 16.5. The van der Waals surface area contributed by atoms with Crippen LogP contribution in [0.2, 0.25) is 0 Å². The maximum absolute atomic E-state index is 8.95. The van der Waals surface area contributed by atoms with Crippen LogP contribution >= 0.6 is 0 Å². The summed E-state index contributed by atoms with van der Waals surface area (Å²) in [7, 11) is 3.54. The summed E-state index contributed by atoms with van der Waals surface area (Å²) in [6, 6.07) is 5.23. The summed E-state index contributed by atoms with van der Waals surface area (Å²) >= 11 is 0. The summed E-state index contributed by atoms with van der Waals surface area (Å²) in [4.78, 5) is 19.3. The Kier molecular flexibility index (Phi) is 9.80. The molecule has 0 bridgehead atoms. The van der Waals surface area contributed by atoms with E-state index in [1.807, 2.05) is 18.2 Å². The second kappa shape index (κ2) is 13.3. The van der Waals surface area contributed by atoms with E-state index in [1.165, 1.54) is 60.9 Å². The average Bonchev–Trinajstić information content (AvgIpc) is 3.28. The number of hydrogen-bond acceptors (Lipinski definition) is 6. The van der Waals surface area contributed by atoms with E-state index < -0.39 is 0 Å². The van der Waals surface area contributed by atoms with Gasteiger partial charge in [0.25, 0.3) is 6.47 Å². The van der Waals surface area contributed by atoms with Crippen LogP contribution in [0, 0.1) is 0 Å². The number of ether oxygens (including phenoxy) is 2. The van der Waals surface area contributed by atoms with Gasteiger partial charge >= 0.3 is 0 Å². The molecule has 1 aromatic heterocycles. The molecule has 1 atom stereocenters. The van der Waals surface area contributed by atoms with Gasteiger partial charge in [0, 0.05) is 56.9 Å². The Hall–Kier alpha value is -2.90. The maximum Gasteiger partial charge on any atom is 0.292 e. The van der Waals surface area contributed by atoms with Crippen LogP contribution in [-0.4, -0.2) is 73.0 Å². The third-order valence-corrected chi connectivity index (χ3v) is 8.43. The number of piperidine rings is 1. The third-order valence-electron chi connectivity index (χ3n) is 8.43. The molecule has 1 unspecified atom stereocenters. The maximum atomic E-state index is 8.95. The molecule has 3 aliphatic heterocycles. The molecular weight excluding hydrogens is 476 g/mol. The summed E-state index contributed by atoms with van der Waals surface area (Å²) in [5, 5.41) is 0. The first-order valence-electron chi connectivity index (χ1n) is 14.0. The summed E-state index contributed by atoms with van der Waals surface area (Å²) in [5.41, 5.74) is 5.55. The number of aromatic nitrogens is 2. The van der Waals surface area contributed by atoms with E-state index in [2.05, 4.69) is 63.9 Å². The molecule has 1 aromatic carbocycles. The standard InChI is InChI=1S/C29H40N4O.C2H4O2/c1-4-5-6-7-8-9-10-27-30-28-24-12-11-23(2)31(3)25(24)13-14-26(28)33(27)21-20-32-18-15-29(16-19-32)17-22-34-29;1-4-2-3/h4-8,13-14,23H,1,9-12,15-22H2,2-3H3;2H,1H3/b6-5-,8-7-;. The normalized spacial score (nSPS) is 20.8. The zero-order chi connectivity index (χ0) is 27.0. The van der Waals surface area contributed by atoms with E-state index >= 15 is 0 Å². The molecule has 2 fully saturated rings. The van der Waals surface area contributed by atoms with Crippen molar-refractivity contribution in [2.75, 3.05) is 45.3 Å². The lowest BCUT2D eigenvalue weighted by Gasteiger charge is -2.47. The molecule has 3 aliphatic rings. The lowest BCUT2D eigenvalue weighted by Crippen LogP contribution is -2.52. The Balaban J connectivity index is 0.000000786. The largest absolute Gasteiger partial charge is 0.471 e. The van der Waals surface area contributed by atoms with Crippen molar-refractivity contribution in [1.29, 1.82) is 0 Å². The van der Waals surface area contributed by atoms with E-state index in [9.17, 15) is 0 Å². The van der Waals surface area contributed by atoms with Crippen LogP contribution in [0.3, 0.4) is 0 Å². The summed E-state index contributed by atoms with van der Waals surface area (Å²) in [6.45, 7) is 11.8. The van der Waals surface area contributed by atoms with Crippen LogP contribution in [0.1, 0.15) is 50.4 Å². The first-order valence-corrected chi connectivity index (χ1v) is 14.0. The Labute approximate surface area is 227 Å². The molecule has 7 heteroatoms. The Bertz CT molecular complexity index is 1140. The number of fused-ring (bicyclic) bond motifs is 3. The van der Waals surface area contributed by atoms with E-state index in [0.29, 0.717) is 12.5 Å². The van der Waals surface area contributed by atoms with Crippen molar-refractivity contribution < 1.29 is 14.3 Å². The lowest BCUT2D eigenvalue weighted by molar-refractivity contribution is -0.172. The van der Waals surface area contributed by atoms with Gasteiger partial charge in [-0.25, -0.2) is 4.98 Å². The number of carbonyl (C=O) groups excluding carboxylic acids is 1. The molecule has 0 amide bonds. The number of anilines is 1. The highest BCUT2D eigenvalue weighted by Crippen LogP contribution is 2.37. The van der Waals surface area contributed by atoms with Crippen molar-refractivity contribution >= 4 is 23.2 Å². The van der Waals surface area contributed by atoms with Crippen LogP contribution in [0.4, 0.5) is 5.69 Å². The van der Waals surface area contributed by atoms with Gasteiger partial charge in [0.15, 0.2) is 0 Å². The van der Waals surface area contributed by atoms with E-state index in [-0.39, 0.29) is 5.60 Å². The molecule has 0 aliphatic carbocycles. The Morgan fingerprint density at radius 2 is 1.95 bits per heavy atom. The number of allylic oxidation sites excluding steroid dienone is 5. The number of methoxy groups -OCH3 is 1. The number of hydrogen-bond donors (Lipinski definition) is 0. The molecule has 5 rings (SSSR count). The van der Waals surface area contributed by atoms with E-state index in [4.69, 9.17) is 14.5 Å². The van der Waals surface area contributed by atoms with Crippen molar-refractivity contribution in [2.24, 2.45) is 0 Å². The molecule has 2 aromatic rings. The summed E-state index contributed by atoms with van der Waals surface area (Å²) in [5.74, 6) is 1.22. The molecule has 0 N–H and O–H groups in total. The highest BCUT2D eigenvalue weighted by molar-refractivity contribution is 5.86. The van der Waals surface area contributed by atoms with Crippen LogP contribution < -0.4 is 4.90 Å². The van der Waals surface area contributed by atoms with Gasteiger partial charge in [-0.2, -0.15) is 0 Å². The quantitative estimate of drug-likeness (QED) is 0.339. The summed E-state index contributed by atoms with van der Waals surface area (Å²) in [6.07, 6.45) is 18.1. The molecule has 0 saturated carbocycles. The number of nitrogens with zero attached hydrogens (tertiary/aromatic N) is 4. The topological polar surface area (TPSA) is 59.8 Å². The second-order valence-electron chi connectivity index (χ2n) is 10.7. The first kappa shape index (κ1) is 28.1. The zero-order valence-electron chi connectivity index (χ0n) is 23.4. The van der Waals surface area contributed by atoms with Gasteiger partial charge in [-0.05, 0) is 57.6 Å². The van der Waals surface area contributed by atoms with Crippen LogP contribution in [0.15, 0.2) is 49.1 Å². The van der Waals surface area contributed by atoms with Crippen molar-refractivity contribution in [3.8, 4) is 0 Å². The predicted molar refractivity (Wildman–Crippen MR) is 155 cm³/mol. The molecule has 7 nitrogen and oxygen atoms in total. The molecule has 38 heavy (non-hydrogen) atoms. The Morgan fingerprint density at radius 1 is 1.18 bits per heavy atom. The fourth-order valence-electron chi connectivity index (χ4n) is 5.83. The van der Waals surface area contributed by atoms with Gasteiger partial charge in [0.05, 0.1) is 30.4 Å². The number of rotatable bonds is 9. The van der Waals surface area contributed by atoms with Crippen LogP contribution in [-0.2, 0) is 33.7 Å². The van der Waals surface area contributed by atoms with E-state index in [0.717, 1.165) is 52.0 Å². The van der Waals surface area contributed by atoms with E-state index in [1.54, 1.807) is 0 Å². The monoisotopic (exact) mass is 520 g/mol. The molecule has 4 heterocycles. The van der Waals surface area contributed by atoms with Gasteiger partial charge < -0.3 is 23.8 Å². The number of likely N-dealkylation sites (tertiary alicyclic amines) is 1. The van der Waals surface area contributed by atoms with Gasteiger partial charge in [-0.15, -0.1) is 0 Å². The molecular formula is C31H44N4O3. The minimum absolute atomic E-state index is 0.220. The Morgan fingerprint density at radius 3 is 2.61 bits per heavy atom. The number of carbonyl (C=O) groups is 1. The summed E-state index contributed by atoms with van der Waals surface area (Å²) < 4.78 is 12.3. The number of imidazole rings is 1. The van der Waals surface area contributed by atoms with Gasteiger partial charge in [0.1, 0.15) is 5.82 Å². The lowest BCUT2D eigenvalue weighted by atomic mass is 9.84. The molecule has 2 saturated heterocycles. The van der Waals surface area contributed by atoms with Gasteiger partial charge in [0.2, 0.25) is 0 Å².